The fourth-order valence-corrected chi connectivity index (χ4v) is 2.40. The number of hydrogen-bond donors (Lipinski definition) is 1. The number of carboxylic acids is 1. The van der Waals surface area contributed by atoms with E-state index in [4.69, 9.17) is 11.5 Å². The first kappa shape index (κ1) is 14.8. The monoisotopic (exact) mass is 288 g/mol. The molecule has 1 aromatic rings. The second-order valence-electron chi connectivity index (χ2n) is 4.69. The zero-order valence-corrected chi connectivity index (χ0v) is 11.5. The molecule has 1 atom stereocenters. The summed E-state index contributed by atoms with van der Waals surface area (Å²) in [6.45, 7) is 0.242. The first-order valence-electron chi connectivity index (χ1n) is 6.61. The maximum absolute atomic E-state index is 12.5. The van der Waals surface area contributed by atoms with Crippen molar-refractivity contribution in [3.05, 3.63) is 18.5 Å². The topological polar surface area (TPSA) is 86.6 Å². The Morgan fingerprint density at radius 2 is 2.19 bits per heavy atom. The lowest BCUT2D eigenvalue weighted by atomic mass is 10.2. The Labute approximate surface area is 122 Å². The van der Waals surface area contributed by atoms with Gasteiger partial charge in [0.15, 0.2) is 0 Å². The van der Waals surface area contributed by atoms with Crippen molar-refractivity contribution in [2.24, 2.45) is 0 Å². The molecule has 21 heavy (non-hydrogen) atoms. The van der Waals surface area contributed by atoms with Crippen LogP contribution in [0.2, 0.25) is 0 Å². The maximum atomic E-state index is 12.5. The van der Waals surface area contributed by atoms with Crippen LogP contribution in [0, 0.1) is 12.3 Å². The van der Waals surface area contributed by atoms with Crippen LogP contribution in [0.1, 0.15) is 12.8 Å². The van der Waals surface area contributed by atoms with Crippen molar-refractivity contribution in [2.75, 3.05) is 24.5 Å². The molecule has 0 aliphatic carbocycles. The number of nitrogens with zero attached hydrogens (tertiary/aromatic N) is 4. The average Bonchev–Trinajstić information content (AvgIpc) is 2.96. The molecular formula is C14H16N4O3. The first-order chi connectivity index (χ1) is 10.1. The standard InChI is InChI=1S/C14H16N4O3/c1-2-8-17(10-12(19)20)13(21)11-5-3-9-18(11)14-15-6-4-7-16-14/h1,4,6-7,11H,3,5,8-10H2,(H,19,20). The van der Waals surface area contributed by atoms with E-state index in [-0.39, 0.29) is 12.5 Å². The van der Waals surface area contributed by atoms with Crippen molar-refractivity contribution in [3.8, 4) is 12.3 Å². The summed E-state index contributed by atoms with van der Waals surface area (Å²) in [5, 5.41) is 8.88. The van der Waals surface area contributed by atoms with Crippen LogP contribution < -0.4 is 4.90 Å². The summed E-state index contributed by atoms with van der Waals surface area (Å²) in [6.07, 6.45) is 9.89. The number of carbonyl (C=O) groups is 2. The highest BCUT2D eigenvalue weighted by Gasteiger charge is 2.35. The van der Waals surface area contributed by atoms with E-state index in [1.54, 1.807) is 23.4 Å². The lowest BCUT2D eigenvalue weighted by Gasteiger charge is -2.28. The van der Waals surface area contributed by atoms with Crippen molar-refractivity contribution in [3.63, 3.8) is 0 Å². The predicted octanol–water partition coefficient (Wildman–Crippen LogP) is -0.00820. The van der Waals surface area contributed by atoms with Gasteiger partial charge in [-0.15, -0.1) is 6.42 Å². The minimum Gasteiger partial charge on any atom is -0.480 e. The van der Waals surface area contributed by atoms with E-state index in [1.807, 2.05) is 0 Å². The normalized spacial score (nSPS) is 17.3. The Balaban J connectivity index is 2.16. The SMILES string of the molecule is C#CCN(CC(=O)O)C(=O)C1CCCN1c1ncccn1. The largest absolute Gasteiger partial charge is 0.480 e. The Morgan fingerprint density at radius 3 is 2.81 bits per heavy atom. The first-order valence-corrected chi connectivity index (χ1v) is 6.61. The number of hydrogen-bond acceptors (Lipinski definition) is 5. The molecule has 110 valence electrons. The summed E-state index contributed by atoms with van der Waals surface area (Å²) in [7, 11) is 0. The van der Waals surface area contributed by atoms with Gasteiger partial charge in [0.05, 0.1) is 6.54 Å². The van der Waals surface area contributed by atoms with E-state index in [0.29, 0.717) is 18.9 Å². The van der Waals surface area contributed by atoms with Gasteiger partial charge in [0, 0.05) is 18.9 Å². The second-order valence-corrected chi connectivity index (χ2v) is 4.69. The highest BCUT2D eigenvalue weighted by molar-refractivity contribution is 5.88. The van der Waals surface area contributed by atoms with Crippen molar-refractivity contribution in [2.45, 2.75) is 18.9 Å². The number of rotatable bonds is 5. The van der Waals surface area contributed by atoms with Crippen LogP contribution in [0.4, 0.5) is 5.95 Å². The van der Waals surface area contributed by atoms with Gasteiger partial charge in [0.1, 0.15) is 12.6 Å². The summed E-state index contributed by atoms with van der Waals surface area (Å²) < 4.78 is 0. The zero-order chi connectivity index (χ0) is 15.2. The summed E-state index contributed by atoms with van der Waals surface area (Å²) >= 11 is 0. The summed E-state index contributed by atoms with van der Waals surface area (Å²) in [5.74, 6) is 1.42. The third kappa shape index (κ3) is 3.48. The number of aromatic nitrogens is 2. The molecule has 1 unspecified atom stereocenters. The smallest absolute Gasteiger partial charge is 0.323 e. The lowest BCUT2D eigenvalue weighted by Crippen LogP contribution is -2.48. The molecule has 0 saturated carbocycles. The van der Waals surface area contributed by atoms with Crippen molar-refractivity contribution >= 4 is 17.8 Å². The van der Waals surface area contributed by atoms with Crippen LogP contribution in [0.3, 0.4) is 0 Å². The van der Waals surface area contributed by atoms with E-state index in [2.05, 4.69) is 15.9 Å². The van der Waals surface area contributed by atoms with E-state index < -0.39 is 18.6 Å². The minimum atomic E-state index is -1.08. The molecule has 0 spiro atoms. The van der Waals surface area contributed by atoms with Gasteiger partial charge < -0.3 is 14.9 Å². The van der Waals surface area contributed by atoms with Gasteiger partial charge in [0.2, 0.25) is 11.9 Å². The molecule has 7 heteroatoms. The Morgan fingerprint density at radius 1 is 1.48 bits per heavy atom. The van der Waals surface area contributed by atoms with Crippen LogP contribution in [0.25, 0.3) is 0 Å². The highest BCUT2D eigenvalue weighted by atomic mass is 16.4. The highest BCUT2D eigenvalue weighted by Crippen LogP contribution is 2.23. The third-order valence-corrected chi connectivity index (χ3v) is 3.27. The fourth-order valence-electron chi connectivity index (χ4n) is 2.40. The molecule has 1 N–H and O–H groups in total. The molecule has 0 radical (unpaired) electrons. The molecule has 1 fully saturated rings. The van der Waals surface area contributed by atoms with Gasteiger partial charge >= 0.3 is 5.97 Å². The number of terminal acetylenes is 1. The van der Waals surface area contributed by atoms with Crippen LogP contribution >= 0.6 is 0 Å². The molecule has 1 aromatic heterocycles. The van der Waals surface area contributed by atoms with E-state index >= 15 is 0 Å². The van der Waals surface area contributed by atoms with Crippen molar-refractivity contribution in [1.82, 2.24) is 14.9 Å². The molecule has 0 bridgehead atoms. The van der Waals surface area contributed by atoms with Crippen LogP contribution in [-0.2, 0) is 9.59 Å². The summed E-state index contributed by atoms with van der Waals surface area (Å²) in [6, 6.07) is 1.24. The van der Waals surface area contributed by atoms with Crippen molar-refractivity contribution in [1.29, 1.82) is 0 Å². The third-order valence-electron chi connectivity index (χ3n) is 3.27. The molecule has 1 aliphatic rings. The number of carbonyl (C=O) groups excluding carboxylic acids is 1. The maximum Gasteiger partial charge on any atom is 0.323 e. The Bertz CT molecular complexity index is 555. The van der Waals surface area contributed by atoms with Crippen LogP contribution in [0.15, 0.2) is 18.5 Å². The van der Waals surface area contributed by atoms with Crippen molar-refractivity contribution < 1.29 is 14.7 Å². The van der Waals surface area contributed by atoms with Gasteiger partial charge in [-0.2, -0.15) is 0 Å². The molecule has 1 saturated heterocycles. The summed E-state index contributed by atoms with van der Waals surface area (Å²) in [5.41, 5.74) is 0. The number of amides is 1. The molecule has 7 nitrogen and oxygen atoms in total. The average molecular weight is 288 g/mol. The summed E-state index contributed by atoms with van der Waals surface area (Å²) in [4.78, 5) is 34.6. The molecule has 0 aromatic carbocycles. The number of aliphatic carboxylic acids is 1. The van der Waals surface area contributed by atoms with Crippen LogP contribution in [-0.4, -0.2) is 57.5 Å². The van der Waals surface area contributed by atoms with Gasteiger partial charge in [0.25, 0.3) is 0 Å². The Hall–Kier alpha value is -2.62. The molecule has 2 rings (SSSR count). The van der Waals surface area contributed by atoms with Gasteiger partial charge in [-0.05, 0) is 18.9 Å². The predicted molar refractivity (Wildman–Crippen MR) is 75.4 cm³/mol. The number of carboxylic acid groups (broad SMARTS) is 1. The lowest BCUT2D eigenvalue weighted by molar-refractivity contribution is -0.144. The van der Waals surface area contributed by atoms with Gasteiger partial charge in [-0.25, -0.2) is 9.97 Å². The molecule has 1 aliphatic heterocycles. The second kappa shape index (κ2) is 6.70. The van der Waals surface area contributed by atoms with Crippen LogP contribution in [0.5, 0.6) is 0 Å². The Kier molecular flexibility index (Phi) is 4.72. The fraction of sp³-hybridized carbons (Fsp3) is 0.429. The number of anilines is 1. The van der Waals surface area contributed by atoms with E-state index in [9.17, 15) is 9.59 Å². The minimum absolute atomic E-state index is 0.0227. The van der Waals surface area contributed by atoms with E-state index in [1.165, 1.54) is 4.90 Å². The zero-order valence-electron chi connectivity index (χ0n) is 11.5. The van der Waals surface area contributed by atoms with Gasteiger partial charge in [-0.1, -0.05) is 5.92 Å². The molecular weight excluding hydrogens is 272 g/mol. The van der Waals surface area contributed by atoms with E-state index in [0.717, 1.165) is 6.42 Å². The molecule has 1 amide bonds. The molecule has 2 heterocycles. The van der Waals surface area contributed by atoms with Gasteiger partial charge in [-0.3, -0.25) is 9.59 Å². The quantitative estimate of drug-likeness (QED) is 0.767.